The van der Waals surface area contributed by atoms with Gasteiger partial charge in [0.1, 0.15) is 5.82 Å². The molecule has 0 atom stereocenters. The van der Waals surface area contributed by atoms with E-state index in [9.17, 15) is 19.3 Å². The van der Waals surface area contributed by atoms with Crippen molar-refractivity contribution in [3.05, 3.63) is 63.5 Å². The Bertz CT molecular complexity index is 942. The Morgan fingerprint density at radius 1 is 1.34 bits per heavy atom. The number of hydrogen-bond acceptors (Lipinski definition) is 6. The van der Waals surface area contributed by atoms with Gasteiger partial charge in [-0.15, -0.1) is 0 Å². The Morgan fingerprint density at radius 3 is 2.79 bits per heavy atom. The molecule has 0 saturated carbocycles. The number of nitrogens with zero attached hydrogens (tertiary/aromatic N) is 3. The number of anilines is 1. The average Bonchev–Trinajstić information content (AvgIpc) is 3.23. The minimum absolute atomic E-state index is 0.00736. The highest BCUT2D eigenvalue weighted by Crippen LogP contribution is 2.27. The number of amides is 1. The van der Waals surface area contributed by atoms with Gasteiger partial charge in [-0.25, -0.2) is 9.82 Å². The summed E-state index contributed by atoms with van der Waals surface area (Å²) in [5.41, 5.74) is 4.01. The van der Waals surface area contributed by atoms with E-state index in [-0.39, 0.29) is 17.3 Å². The third-order valence-electron chi connectivity index (χ3n) is 4.60. The topological polar surface area (TPSA) is 97.1 Å². The molecule has 0 bridgehead atoms. The van der Waals surface area contributed by atoms with Gasteiger partial charge < -0.3 is 9.64 Å². The van der Waals surface area contributed by atoms with Crippen LogP contribution in [0.1, 0.15) is 24.0 Å². The van der Waals surface area contributed by atoms with Gasteiger partial charge in [0.25, 0.3) is 5.91 Å². The van der Waals surface area contributed by atoms with Gasteiger partial charge >= 0.3 is 5.69 Å². The summed E-state index contributed by atoms with van der Waals surface area (Å²) in [7, 11) is 0. The van der Waals surface area contributed by atoms with Crippen LogP contribution in [-0.2, 0) is 4.79 Å². The number of halogens is 1. The predicted octanol–water partition coefficient (Wildman–Crippen LogP) is 3.17. The summed E-state index contributed by atoms with van der Waals surface area (Å²) >= 11 is 0. The fraction of sp³-hybridized carbons (Fsp3) is 0.300. The molecule has 152 valence electrons. The number of carbonyl (C=O) groups excluding carboxylic acids is 1. The summed E-state index contributed by atoms with van der Waals surface area (Å²) in [6.07, 6.45) is 3.47. The van der Waals surface area contributed by atoms with Crippen molar-refractivity contribution in [2.45, 2.75) is 19.8 Å². The summed E-state index contributed by atoms with van der Waals surface area (Å²) in [5, 5.41) is 14.8. The van der Waals surface area contributed by atoms with Crippen molar-refractivity contribution in [2.75, 3.05) is 24.6 Å². The van der Waals surface area contributed by atoms with Crippen LogP contribution < -0.4 is 15.1 Å². The molecule has 1 aliphatic rings. The van der Waals surface area contributed by atoms with Crippen LogP contribution in [0.2, 0.25) is 0 Å². The Labute approximate surface area is 167 Å². The lowest BCUT2D eigenvalue weighted by molar-refractivity contribution is -0.385. The molecular weight excluding hydrogens is 379 g/mol. The summed E-state index contributed by atoms with van der Waals surface area (Å²) < 4.78 is 19.6. The van der Waals surface area contributed by atoms with E-state index in [1.165, 1.54) is 30.5 Å². The maximum Gasteiger partial charge on any atom is 0.310 e. The monoisotopic (exact) mass is 400 g/mol. The number of hydrazone groups is 1. The molecule has 0 aromatic heterocycles. The molecule has 1 N–H and O–H groups in total. The molecule has 1 fully saturated rings. The van der Waals surface area contributed by atoms with E-state index < -0.39 is 17.4 Å². The molecule has 0 spiro atoms. The van der Waals surface area contributed by atoms with Gasteiger partial charge in [0.15, 0.2) is 12.4 Å². The van der Waals surface area contributed by atoms with Gasteiger partial charge in [0, 0.05) is 24.7 Å². The van der Waals surface area contributed by atoms with Gasteiger partial charge in [-0.05, 0) is 43.5 Å². The van der Waals surface area contributed by atoms with Crippen LogP contribution >= 0.6 is 0 Å². The first-order valence-electron chi connectivity index (χ1n) is 9.19. The highest BCUT2D eigenvalue weighted by molar-refractivity contribution is 5.85. The van der Waals surface area contributed by atoms with Crippen LogP contribution in [0.5, 0.6) is 5.75 Å². The molecule has 29 heavy (non-hydrogen) atoms. The number of nitro groups is 1. The second kappa shape index (κ2) is 9.13. The lowest BCUT2D eigenvalue weighted by Crippen LogP contribution is -2.24. The Balaban J connectivity index is 1.58. The van der Waals surface area contributed by atoms with Crippen LogP contribution in [0, 0.1) is 22.9 Å². The van der Waals surface area contributed by atoms with Crippen molar-refractivity contribution in [3.8, 4) is 5.75 Å². The maximum atomic E-state index is 14.4. The number of rotatable bonds is 7. The summed E-state index contributed by atoms with van der Waals surface area (Å²) in [5.74, 6) is -0.928. The van der Waals surface area contributed by atoms with Crippen molar-refractivity contribution in [1.29, 1.82) is 0 Å². The molecule has 1 aliphatic heterocycles. The van der Waals surface area contributed by atoms with E-state index in [0.29, 0.717) is 11.3 Å². The van der Waals surface area contributed by atoms with Crippen molar-refractivity contribution < 1.29 is 18.8 Å². The number of carbonyl (C=O) groups is 1. The fourth-order valence-corrected chi connectivity index (χ4v) is 3.10. The zero-order valence-electron chi connectivity index (χ0n) is 15.9. The van der Waals surface area contributed by atoms with E-state index in [1.54, 1.807) is 12.1 Å². The second-order valence-corrected chi connectivity index (χ2v) is 6.66. The van der Waals surface area contributed by atoms with E-state index >= 15 is 0 Å². The Morgan fingerprint density at radius 2 is 2.07 bits per heavy atom. The zero-order valence-corrected chi connectivity index (χ0v) is 15.9. The molecule has 0 radical (unpaired) electrons. The molecule has 8 nitrogen and oxygen atoms in total. The second-order valence-electron chi connectivity index (χ2n) is 6.66. The first kappa shape index (κ1) is 20.2. The minimum Gasteiger partial charge on any atom is -0.477 e. The summed E-state index contributed by atoms with van der Waals surface area (Å²) in [6.45, 7) is 3.10. The third-order valence-corrected chi connectivity index (χ3v) is 4.60. The van der Waals surface area contributed by atoms with E-state index in [2.05, 4.69) is 10.5 Å². The standard InChI is InChI=1S/C20H21FN4O4/c1-14-10-18(24-8-4-5-9-24)16(21)11-15(14)12-22-23-20(26)13-29-19-7-3-2-6-17(19)25(27)28/h2-3,6-7,10-12H,4-5,8-9,13H2,1H3,(H,23,26)/b22-12+. The molecule has 1 saturated heterocycles. The van der Waals surface area contributed by atoms with Crippen LogP contribution in [0.4, 0.5) is 15.8 Å². The first-order chi connectivity index (χ1) is 14.0. The Hall–Kier alpha value is -3.49. The van der Waals surface area contributed by atoms with E-state index in [4.69, 9.17) is 4.74 Å². The highest BCUT2D eigenvalue weighted by Gasteiger charge is 2.17. The normalized spacial score (nSPS) is 13.7. The summed E-state index contributed by atoms with van der Waals surface area (Å²) in [6, 6.07) is 8.94. The number of benzene rings is 2. The molecule has 0 unspecified atom stereocenters. The maximum absolute atomic E-state index is 14.4. The van der Waals surface area contributed by atoms with Crippen molar-refractivity contribution >= 4 is 23.5 Å². The number of nitrogens with one attached hydrogen (secondary N) is 1. The number of ether oxygens (including phenoxy) is 1. The largest absolute Gasteiger partial charge is 0.477 e. The van der Waals surface area contributed by atoms with E-state index in [0.717, 1.165) is 31.5 Å². The number of aryl methyl sites for hydroxylation is 1. The molecule has 2 aromatic carbocycles. The molecule has 1 heterocycles. The van der Waals surface area contributed by atoms with Crippen LogP contribution in [0.15, 0.2) is 41.5 Å². The predicted molar refractivity (Wildman–Crippen MR) is 107 cm³/mol. The third kappa shape index (κ3) is 5.07. The molecule has 9 heteroatoms. The van der Waals surface area contributed by atoms with Gasteiger partial charge in [-0.3, -0.25) is 14.9 Å². The van der Waals surface area contributed by atoms with Gasteiger partial charge in [-0.2, -0.15) is 5.10 Å². The van der Waals surface area contributed by atoms with Crippen molar-refractivity contribution in [2.24, 2.45) is 5.10 Å². The molecule has 0 aliphatic carbocycles. The molecular formula is C20H21FN4O4. The van der Waals surface area contributed by atoms with Crippen LogP contribution in [0.25, 0.3) is 0 Å². The zero-order chi connectivity index (χ0) is 20.8. The van der Waals surface area contributed by atoms with E-state index in [1.807, 2.05) is 11.8 Å². The van der Waals surface area contributed by atoms with Gasteiger partial charge in [0.05, 0.1) is 16.8 Å². The first-order valence-corrected chi connectivity index (χ1v) is 9.19. The highest BCUT2D eigenvalue weighted by atomic mass is 19.1. The van der Waals surface area contributed by atoms with Crippen LogP contribution in [0.3, 0.4) is 0 Å². The Kier molecular flexibility index (Phi) is 6.38. The molecule has 1 amide bonds. The smallest absolute Gasteiger partial charge is 0.310 e. The minimum atomic E-state index is -0.591. The number of hydrogen-bond donors (Lipinski definition) is 1. The lowest BCUT2D eigenvalue weighted by Gasteiger charge is -2.19. The quantitative estimate of drug-likeness (QED) is 0.437. The average molecular weight is 400 g/mol. The number of nitro benzene ring substituents is 1. The lowest BCUT2D eigenvalue weighted by atomic mass is 10.1. The molecule has 2 aromatic rings. The number of para-hydroxylation sites is 2. The van der Waals surface area contributed by atoms with Crippen molar-refractivity contribution in [1.82, 2.24) is 5.43 Å². The summed E-state index contributed by atoms with van der Waals surface area (Å²) in [4.78, 5) is 24.2. The van der Waals surface area contributed by atoms with Gasteiger partial charge in [0.2, 0.25) is 0 Å². The van der Waals surface area contributed by atoms with Crippen molar-refractivity contribution in [3.63, 3.8) is 0 Å². The van der Waals surface area contributed by atoms with Crippen LogP contribution in [-0.4, -0.2) is 36.7 Å². The molecule has 3 rings (SSSR count). The SMILES string of the molecule is Cc1cc(N2CCCC2)c(F)cc1/C=N/NC(=O)COc1ccccc1[N+](=O)[O-]. The fourth-order valence-electron chi connectivity index (χ4n) is 3.10. The van der Waals surface area contributed by atoms with Gasteiger partial charge in [-0.1, -0.05) is 12.1 Å².